The van der Waals surface area contributed by atoms with Gasteiger partial charge in [0.1, 0.15) is 5.02 Å². The third-order valence-corrected chi connectivity index (χ3v) is 3.53. The number of ether oxygens (including phenoxy) is 1. The van der Waals surface area contributed by atoms with Crippen LogP contribution >= 0.6 is 11.6 Å². The van der Waals surface area contributed by atoms with Gasteiger partial charge in [-0.15, -0.1) is 0 Å². The van der Waals surface area contributed by atoms with Crippen LogP contribution < -0.4 is 5.32 Å². The molecule has 6 heteroatoms. The fraction of sp³-hybridized carbons (Fsp3) is 0.500. The Kier molecular flexibility index (Phi) is 4.04. The Bertz CT molecular complexity index is 447. The summed E-state index contributed by atoms with van der Waals surface area (Å²) in [4.78, 5) is 10.3. The second-order valence-corrected chi connectivity index (χ2v) is 4.89. The highest BCUT2D eigenvalue weighted by atomic mass is 35.5. The van der Waals surface area contributed by atoms with Crippen LogP contribution in [0, 0.1) is 16.0 Å². The van der Waals surface area contributed by atoms with Crippen LogP contribution in [0.25, 0.3) is 0 Å². The van der Waals surface area contributed by atoms with Gasteiger partial charge < -0.3 is 10.1 Å². The lowest BCUT2D eigenvalue weighted by Gasteiger charge is -2.20. The van der Waals surface area contributed by atoms with Crippen molar-refractivity contribution >= 4 is 23.0 Å². The molecule has 2 atom stereocenters. The number of rotatable bonds is 4. The van der Waals surface area contributed by atoms with Gasteiger partial charge >= 0.3 is 0 Å². The second-order valence-electron chi connectivity index (χ2n) is 4.48. The monoisotopic (exact) mass is 270 g/mol. The summed E-state index contributed by atoms with van der Waals surface area (Å²) in [6.45, 7) is 3.58. The number of halogens is 1. The van der Waals surface area contributed by atoms with Gasteiger partial charge in [-0.1, -0.05) is 11.6 Å². The molecule has 0 amide bonds. The van der Waals surface area contributed by atoms with Crippen molar-refractivity contribution < 1.29 is 9.66 Å². The van der Waals surface area contributed by atoms with Crippen LogP contribution in [0.5, 0.6) is 0 Å². The minimum atomic E-state index is -0.475. The molecule has 0 aromatic heterocycles. The van der Waals surface area contributed by atoms with Gasteiger partial charge in [-0.2, -0.15) is 0 Å². The maximum atomic E-state index is 10.8. The van der Waals surface area contributed by atoms with Crippen LogP contribution in [0.2, 0.25) is 5.02 Å². The summed E-state index contributed by atoms with van der Waals surface area (Å²) in [5.74, 6) is 0.444. The van der Waals surface area contributed by atoms with Gasteiger partial charge in [-0.3, -0.25) is 10.1 Å². The van der Waals surface area contributed by atoms with Crippen molar-refractivity contribution in [3.63, 3.8) is 0 Å². The number of hydrogen-bond acceptors (Lipinski definition) is 4. The van der Waals surface area contributed by atoms with Gasteiger partial charge in [0.05, 0.1) is 11.5 Å². The molecule has 18 heavy (non-hydrogen) atoms. The predicted octanol–water partition coefficient (Wildman–Crippen LogP) is 3.09. The van der Waals surface area contributed by atoms with E-state index in [0.29, 0.717) is 11.6 Å². The van der Waals surface area contributed by atoms with Crippen LogP contribution in [0.4, 0.5) is 11.4 Å². The van der Waals surface area contributed by atoms with Crippen LogP contribution in [-0.4, -0.2) is 24.2 Å². The highest BCUT2D eigenvalue weighted by Gasteiger charge is 2.22. The Balaban J connectivity index is 2.09. The second kappa shape index (κ2) is 5.54. The van der Waals surface area contributed by atoms with Crippen molar-refractivity contribution in [1.82, 2.24) is 0 Å². The number of nitrogens with zero attached hydrogens (tertiary/aromatic N) is 1. The van der Waals surface area contributed by atoms with E-state index in [1.54, 1.807) is 12.1 Å². The van der Waals surface area contributed by atoms with Crippen molar-refractivity contribution in [2.45, 2.75) is 19.4 Å². The molecule has 0 radical (unpaired) electrons. The summed E-state index contributed by atoms with van der Waals surface area (Å²) >= 11 is 5.77. The topological polar surface area (TPSA) is 64.4 Å². The first-order chi connectivity index (χ1) is 8.58. The minimum Gasteiger partial charge on any atom is -0.382 e. The van der Waals surface area contributed by atoms with Crippen molar-refractivity contribution in [2.75, 3.05) is 18.5 Å². The third kappa shape index (κ3) is 2.91. The average Bonchev–Trinajstić information content (AvgIpc) is 2.85. The molecular weight excluding hydrogens is 256 g/mol. The van der Waals surface area contributed by atoms with Crippen LogP contribution in [0.3, 0.4) is 0 Å². The van der Waals surface area contributed by atoms with E-state index in [-0.39, 0.29) is 16.8 Å². The smallest absolute Gasteiger partial charge is 0.289 e. The summed E-state index contributed by atoms with van der Waals surface area (Å²) in [5, 5.41) is 14.2. The largest absolute Gasteiger partial charge is 0.382 e. The summed E-state index contributed by atoms with van der Waals surface area (Å²) in [7, 11) is 0. The van der Waals surface area contributed by atoms with Gasteiger partial charge in [0.15, 0.2) is 0 Å². The van der Waals surface area contributed by atoms with E-state index < -0.39 is 4.92 Å². The van der Waals surface area contributed by atoms with Crippen LogP contribution in [0.1, 0.15) is 13.3 Å². The molecule has 2 rings (SSSR count). The summed E-state index contributed by atoms with van der Waals surface area (Å²) in [5.41, 5.74) is 0.641. The van der Waals surface area contributed by atoms with Gasteiger partial charge in [0.25, 0.3) is 5.69 Å². The molecule has 1 saturated heterocycles. The molecule has 1 aromatic rings. The number of benzene rings is 1. The molecule has 1 heterocycles. The number of nitro groups is 1. The Morgan fingerprint density at radius 2 is 2.39 bits per heavy atom. The molecule has 0 spiro atoms. The molecule has 1 fully saturated rings. The molecule has 0 aliphatic carbocycles. The third-order valence-electron chi connectivity index (χ3n) is 3.21. The first kappa shape index (κ1) is 13.1. The van der Waals surface area contributed by atoms with Crippen LogP contribution in [-0.2, 0) is 4.74 Å². The molecule has 1 aliphatic heterocycles. The molecular formula is C12H15ClN2O3. The van der Waals surface area contributed by atoms with Crippen molar-refractivity contribution in [1.29, 1.82) is 0 Å². The fourth-order valence-corrected chi connectivity index (χ4v) is 2.26. The predicted molar refractivity (Wildman–Crippen MR) is 70.1 cm³/mol. The molecule has 2 unspecified atom stereocenters. The van der Waals surface area contributed by atoms with Crippen molar-refractivity contribution in [2.24, 2.45) is 5.92 Å². The first-order valence-electron chi connectivity index (χ1n) is 5.86. The lowest BCUT2D eigenvalue weighted by Crippen LogP contribution is -2.26. The van der Waals surface area contributed by atoms with Gasteiger partial charge in [0.2, 0.25) is 0 Å². The van der Waals surface area contributed by atoms with Crippen molar-refractivity contribution in [3.8, 4) is 0 Å². The van der Waals surface area contributed by atoms with E-state index in [9.17, 15) is 10.1 Å². The molecule has 1 aromatic carbocycles. The number of nitro benzene ring substituents is 1. The maximum absolute atomic E-state index is 10.8. The lowest BCUT2D eigenvalue weighted by atomic mass is 10.0. The van der Waals surface area contributed by atoms with Gasteiger partial charge in [-0.05, 0) is 25.5 Å². The summed E-state index contributed by atoms with van der Waals surface area (Å²) in [6.07, 6.45) is 1.02. The SMILES string of the molecule is CC(Nc1ccc(Cl)c([N+](=O)[O-])c1)C1CCOC1. The molecule has 1 aliphatic rings. The quantitative estimate of drug-likeness (QED) is 0.674. The molecule has 0 bridgehead atoms. The van der Waals surface area contributed by atoms with Gasteiger partial charge in [-0.25, -0.2) is 0 Å². The average molecular weight is 271 g/mol. The molecule has 1 N–H and O–H groups in total. The van der Waals surface area contributed by atoms with Crippen molar-refractivity contribution in [3.05, 3.63) is 33.3 Å². The fourth-order valence-electron chi connectivity index (χ4n) is 2.07. The maximum Gasteiger partial charge on any atom is 0.289 e. The Morgan fingerprint density at radius 1 is 1.61 bits per heavy atom. The number of nitrogens with one attached hydrogen (secondary N) is 1. The van der Waals surface area contributed by atoms with E-state index >= 15 is 0 Å². The molecule has 5 nitrogen and oxygen atoms in total. The molecule has 98 valence electrons. The highest BCUT2D eigenvalue weighted by molar-refractivity contribution is 6.32. The Hall–Kier alpha value is -1.33. The zero-order valence-electron chi connectivity index (χ0n) is 10.1. The van der Waals surface area contributed by atoms with E-state index in [1.807, 2.05) is 0 Å². The van der Waals surface area contributed by atoms with Gasteiger partial charge in [0, 0.05) is 30.3 Å². The first-order valence-corrected chi connectivity index (χ1v) is 6.24. The Labute approximate surface area is 110 Å². The van der Waals surface area contributed by atoms with Crippen LogP contribution in [0.15, 0.2) is 18.2 Å². The summed E-state index contributed by atoms with van der Waals surface area (Å²) < 4.78 is 5.33. The van der Waals surface area contributed by atoms with E-state index in [2.05, 4.69) is 12.2 Å². The minimum absolute atomic E-state index is 0.0726. The normalized spacial score (nSPS) is 20.7. The highest BCUT2D eigenvalue weighted by Crippen LogP contribution is 2.28. The van der Waals surface area contributed by atoms with E-state index in [4.69, 9.17) is 16.3 Å². The zero-order valence-corrected chi connectivity index (χ0v) is 10.8. The number of anilines is 1. The standard InChI is InChI=1S/C12H15ClN2O3/c1-8(9-4-5-18-7-9)14-10-2-3-11(13)12(6-10)15(16)17/h2-3,6,8-9,14H,4-5,7H2,1H3. The summed E-state index contributed by atoms with van der Waals surface area (Å²) in [6, 6.07) is 4.98. The zero-order chi connectivity index (χ0) is 13.1. The van der Waals surface area contributed by atoms with E-state index in [0.717, 1.165) is 19.6 Å². The lowest BCUT2D eigenvalue weighted by molar-refractivity contribution is -0.384. The molecule has 0 saturated carbocycles. The number of hydrogen-bond donors (Lipinski definition) is 1. The van der Waals surface area contributed by atoms with E-state index in [1.165, 1.54) is 6.07 Å². The Morgan fingerprint density at radius 3 is 3.00 bits per heavy atom.